The van der Waals surface area contributed by atoms with E-state index in [0.29, 0.717) is 43.3 Å². The molecule has 0 atom stereocenters. The fraction of sp³-hybridized carbons (Fsp3) is 0.182. The zero-order valence-electron chi connectivity index (χ0n) is 17.1. The fourth-order valence-electron chi connectivity index (χ4n) is 4.33. The van der Waals surface area contributed by atoms with Crippen molar-refractivity contribution in [3.63, 3.8) is 0 Å². The van der Waals surface area contributed by atoms with Gasteiger partial charge in [-0.15, -0.1) is 0 Å². The molecule has 0 bridgehead atoms. The third-order valence-electron chi connectivity index (χ3n) is 5.92. The van der Waals surface area contributed by atoms with Crippen molar-refractivity contribution in [2.75, 3.05) is 12.3 Å². The molecule has 10 heteroatoms. The second-order valence-corrected chi connectivity index (χ2v) is 7.97. The lowest BCUT2D eigenvalue weighted by molar-refractivity contribution is 0.205. The normalized spacial score (nSPS) is 14.2. The van der Waals surface area contributed by atoms with Gasteiger partial charge >= 0.3 is 5.69 Å². The van der Waals surface area contributed by atoms with Gasteiger partial charge in [-0.25, -0.2) is 9.78 Å². The standard InChI is InChI=1S/C22H20N8O2/c23-19-8-15(11-28-5-6-29-18(12-28)21(31)27-22(29)32)26-20-16(10-25-30(19)20)14-7-13-3-1-2-4-17(13)24-9-14/h1-4,7-10,31H,5-6,11-12,23H2,(H,27,32). The molecule has 0 radical (unpaired) electrons. The fourth-order valence-corrected chi connectivity index (χ4v) is 4.33. The molecule has 5 heterocycles. The van der Waals surface area contributed by atoms with Gasteiger partial charge in [-0.05, 0) is 12.1 Å². The van der Waals surface area contributed by atoms with E-state index in [2.05, 4.69) is 26.0 Å². The van der Waals surface area contributed by atoms with Crippen molar-refractivity contribution in [3.8, 4) is 17.0 Å². The number of H-pyrrole nitrogens is 1. The maximum Gasteiger partial charge on any atom is 0.328 e. The predicted molar refractivity (Wildman–Crippen MR) is 119 cm³/mol. The molecular weight excluding hydrogens is 408 g/mol. The number of imidazole rings is 1. The maximum absolute atomic E-state index is 11.9. The molecule has 0 unspecified atom stereocenters. The summed E-state index contributed by atoms with van der Waals surface area (Å²) in [6.45, 7) is 2.14. The van der Waals surface area contributed by atoms with E-state index in [1.165, 1.54) is 0 Å². The molecule has 0 saturated carbocycles. The number of aromatic nitrogens is 6. The summed E-state index contributed by atoms with van der Waals surface area (Å²) in [5, 5.41) is 15.5. The Morgan fingerprint density at radius 1 is 1.16 bits per heavy atom. The summed E-state index contributed by atoms with van der Waals surface area (Å²) in [6.07, 6.45) is 3.58. The Balaban J connectivity index is 1.36. The van der Waals surface area contributed by atoms with Crippen LogP contribution < -0.4 is 11.4 Å². The summed E-state index contributed by atoms with van der Waals surface area (Å²) >= 11 is 0. The Kier molecular flexibility index (Phi) is 4.02. The van der Waals surface area contributed by atoms with Crippen molar-refractivity contribution < 1.29 is 5.11 Å². The smallest absolute Gasteiger partial charge is 0.328 e. The van der Waals surface area contributed by atoms with Crippen molar-refractivity contribution in [3.05, 3.63) is 70.7 Å². The third kappa shape index (κ3) is 2.92. The van der Waals surface area contributed by atoms with Crippen LogP contribution in [0.3, 0.4) is 0 Å². The highest BCUT2D eigenvalue weighted by Crippen LogP contribution is 2.28. The highest BCUT2D eigenvalue weighted by molar-refractivity contribution is 5.86. The van der Waals surface area contributed by atoms with Crippen LogP contribution in [-0.2, 0) is 19.6 Å². The molecule has 5 aromatic rings. The largest absolute Gasteiger partial charge is 0.493 e. The Morgan fingerprint density at radius 3 is 2.94 bits per heavy atom. The van der Waals surface area contributed by atoms with Gasteiger partial charge in [-0.3, -0.25) is 19.4 Å². The summed E-state index contributed by atoms with van der Waals surface area (Å²) in [4.78, 5) is 25.8. The van der Waals surface area contributed by atoms with E-state index < -0.39 is 0 Å². The Labute approximate surface area is 181 Å². The maximum atomic E-state index is 11.9. The first-order valence-electron chi connectivity index (χ1n) is 10.3. The topological polar surface area (TPSA) is 130 Å². The van der Waals surface area contributed by atoms with Crippen LogP contribution in [0.2, 0.25) is 0 Å². The minimum Gasteiger partial charge on any atom is -0.493 e. The average Bonchev–Trinajstić information content (AvgIpc) is 3.34. The Hall–Kier alpha value is -4.18. The van der Waals surface area contributed by atoms with Crippen LogP contribution in [0.5, 0.6) is 5.88 Å². The van der Waals surface area contributed by atoms with Crippen LogP contribution in [0.15, 0.2) is 53.6 Å². The highest BCUT2D eigenvalue weighted by atomic mass is 16.3. The molecule has 0 aliphatic carbocycles. The molecule has 0 fully saturated rings. The second kappa shape index (κ2) is 6.92. The van der Waals surface area contributed by atoms with Gasteiger partial charge in [0, 0.05) is 55.0 Å². The summed E-state index contributed by atoms with van der Waals surface area (Å²) in [7, 11) is 0. The molecule has 1 aliphatic rings. The Bertz CT molecular complexity index is 1550. The van der Waals surface area contributed by atoms with E-state index in [0.717, 1.165) is 27.7 Å². The average molecular weight is 428 g/mol. The SMILES string of the molecule is Nc1cc(CN2CCn3c(c(O)[nH]c3=O)C2)nc2c(-c3cnc4ccccc4c3)cnn12. The van der Waals surface area contributed by atoms with Gasteiger partial charge in [0.1, 0.15) is 5.82 Å². The number of pyridine rings is 1. The van der Waals surface area contributed by atoms with E-state index in [1.54, 1.807) is 21.3 Å². The zero-order valence-corrected chi connectivity index (χ0v) is 17.1. The summed E-state index contributed by atoms with van der Waals surface area (Å²) in [6, 6.07) is 11.8. The van der Waals surface area contributed by atoms with E-state index in [4.69, 9.17) is 10.7 Å². The summed E-state index contributed by atoms with van der Waals surface area (Å²) in [5.74, 6) is 0.410. The number of nitrogens with two attached hydrogens (primary N) is 1. The Morgan fingerprint density at radius 2 is 2.03 bits per heavy atom. The third-order valence-corrected chi connectivity index (χ3v) is 5.92. The van der Waals surface area contributed by atoms with Crippen LogP contribution in [0.4, 0.5) is 5.82 Å². The molecule has 32 heavy (non-hydrogen) atoms. The molecule has 6 rings (SSSR count). The lowest BCUT2D eigenvalue weighted by Gasteiger charge is -2.27. The quantitative estimate of drug-likeness (QED) is 0.399. The second-order valence-electron chi connectivity index (χ2n) is 7.97. The number of nitrogens with zero attached hydrogens (tertiary/aromatic N) is 6. The monoisotopic (exact) mass is 428 g/mol. The van der Waals surface area contributed by atoms with Crippen molar-refractivity contribution in [1.29, 1.82) is 0 Å². The van der Waals surface area contributed by atoms with Gasteiger partial charge in [0.25, 0.3) is 0 Å². The van der Waals surface area contributed by atoms with Gasteiger partial charge in [-0.2, -0.15) is 9.61 Å². The van der Waals surface area contributed by atoms with Gasteiger partial charge in [0.15, 0.2) is 5.65 Å². The molecule has 4 N–H and O–H groups in total. The number of benzene rings is 1. The van der Waals surface area contributed by atoms with Gasteiger partial charge < -0.3 is 10.8 Å². The number of aromatic amines is 1. The number of nitrogen functional groups attached to an aromatic ring is 1. The molecule has 160 valence electrons. The molecule has 1 aromatic carbocycles. The molecule has 0 amide bonds. The lowest BCUT2D eigenvalue weighted by atomic mass is 10.1. The van der Waals surface area contributed by atoms with Crippen molar-refractivity contribution in [2.24, 2.45) is 0 Å². The number of aromatic hydroxyl groups is 1. The van der Waals surface area contributed by atoms with E-state index in [-0.39, 0.29) is 11.6 Å². The van der Waals surface area contributed by atoms with Crippen molar-refractivity contribution >= 4 is 22.4 Å². The van der Waals surface area contributed by atoms with E-state index >= 15 is 0 Å². The number of hydrogen-bond donors (Lipinski definition) is 3. The summed E-state index contributed by atoms with van der Waals surface area (Å²) in [5.41, 5.74) is 10.7. The number of para-hydroxylation sites is 1. The van der Waals surface area contributed by atoms with Crippen LogP contribution >= 0.6 is 0 Å². The summed E-state index contributed by atoms with van der Waals surface area (Å²) < 4.78 is 3.19. The molecular formula is C22H20N8O2. The predicted octanol–water partition coefficient (Wildman–Crippen LogP) is 1.74. The lowest BCUT2D eigenvalue weighted by Crippen LogP contribution is -2.36. The van der Waals surface area contributed by atoms with Gasteiger partial charge in [-0.1, -0.05) is 18.2 Å². The molecule has 0 spiro atoms. The van der Waals surface area contributed by atoms with E-state index in [1.807, 2.05) is 30.5 Å². The number of nitrogens with one attached hydrogen (secondary N) is 1. The first-order valence-corrected chi connectivity index (χ1v) is 10.3. The number of fused-ring (bicyclic) bond motifs is 3. The molecule has 1 aliphatic heterocycles. The van der Waals surface area contributed by atoms with Crippen LogP contribution in [0.25, 0.3) is 27.7 Å². The molecule has 4 aromatic heterocycles. The molecule has 0 saturated heterocycles. The first-order chi connectivity index (χ1) is 15.6. The van der Waals surface area contributed by atoms with Crippen LogP contribution in [-0.4, -0.2) is 45.7 Å². The first kappa shape index (κ1) is 18.6. The van der Waals surface area contributed by atoms with Gasteiger partial charge in [0.05, 0.1) is 23.1 Å². The van der Waals surface area contributed by atoms with Crippen LogP contribution in [0, 0.1) is 0 Å². The minimum atomic E-state index is -0.283. The van der Waals surface area contributed by atoms with E-state index in [9.17, 15) is 9.90 Å². The van der Waals surface area contributed by atoms with Crippen molar-refractivity contribution in [1.82, 2.24) is 34.0 Å². The number of anilines is 1. The van der Waals surface area contributed by atoms with Gasteiger partial charge in [0.2, 0.25) is 5.88 Å². The number of rotatable bonds is 3. The number of hydrogen-bond acceptors (Lipinski definition) is 7. The van der Waals surface area contributed by atoms with Crippen LogP contribution in [0.1, 0.15) is 11.4 Å². The minimum absolute atomic E-state index is 0.0792. The zero-order chi connectivity index (χ0) is 21.8. The molecule has 10 nitrogen and oxygen atoms in total. The van der Waals surface area contributed by atoms with Crippen molar-refractivity contribution in [2.45, 2.75) is 19.6 Å². The highest BCUT2D eigenvalue weighted by Gasteiger charge is 2.23.